The molecule has 70 valence electrons. The highest BCUT2D eigenvalue weighted by Gasteiger charge is 2.19. The molecule has 0 bridgehead atoms. The molecule has 0 aliphatic heterocycles. The van der Waals surface area contributed by atoms with E-state index in [0.717, 1.165) is 12.8 Å². The maximum absolute atomic E-state index is 11.0. The van der Waals surface area contributed by atoms with Crippen molar-refractivity contribution in [2.45, 2.75) is 32.3 Å². The minimum atomic E-state index is -0.151. The van der Waals surface area contributed by atoms with E-state index in [1.165, 1.54) is 12.5 Å². The van der Waals surface area contributed by atoms with Gasteiger partial charge in [0.1, 0.15) is 11.9 Å². The number of nitrogens with one attached hydrogen (secondary N) is 1. The van der Waals surface area contributed by atoms with Crippen molar-refractivity contribution in [3.8, 4) is 5.88 Å². The molecule has 1 fully saturated rings. The van der Waals surface area contributed by atoms with Crippen LogP contribution in [0.5, 0.6) is 5.88 Å². The molecule has 13 heavy (non-hydrogen) atoms. The molecule has 1 aromatic heterocycles. The van der Waals surface area contributed by atoms with Crippen LogP contribution >= 0.6 is 0 Å². The number of hydrogen-bond donors (Lipinski definition) is 1. The first-order valence-corrected chi connectivity index (χ1v) is 4.49. The van der Waals surface area contributed by atoms with Crippen molar-refractivity contribution in [1.29, 1.82) is 0 Å². The van der Waals surface area contributed by atoms with Crippen LogP contribution in [0.25, 0.3) is 0 Å². The van der Waals surface area contributed by atoms with Gasteiger partial charge in [0.2, 0.25) is 5.88 Å². The van der Waals surface area contributed by atoms with Crippen LogP contribution in [0.1, 0.15) is 25.1 Å². The summed E-state index contributed by atoms with van der Waals surface area (Å²) in [6.45, 7) is 1.75. The Morgan fingerprint density at radius 3 is 2.92 bits per heavy atom. The Labute approximate surface area is 76.0 Å². The van der Waals surface area contributed by atoms with Crippen molar-refractivity contribution >= 4 is 0 Å². The van der Waals surface area contributed by atoms with Crippen molar-refractivity contribution in [3.63, 3.8) is 0 Å². The monoisotopic (exact) mass is 180 g/mol. The molecule has 1 aliphatic carbocycles. The number of nitrogens with zero attached hydrogens (tertiary/aromatic N) is 1. The maximum atomic E-state index is 11.0. The van der Waals surface area contributed by atoms with Crippen molar-refractivity contribution in [3.05, 3.63) is 22.2 Å². The third-order valence-electron chi connectivity index (χ3n) is 2.18. The fourth-order valence-corrected chi connectivity index (χ4v) is 1.27. The lowest BCUT2D eigenvalue weighted by Gasteiger charge is -2.25. The predicted octanol–water partition coefficient (Wildman–Crippen LogP) is 1.01. The van der Waals surface area contributed by atoms with E-state index >= 15 is 0 Å². The third kappa shape index (κ3) is 1.88. The molecule has 0 spiro atoms. The van der Waals surface area contributed by atoms with Crippen LogP contribution in [0.15, 0.2) is 10.9 Å². The molecule has 2 rings (SSSR count). The molecule has 1 N–H and O–H groups in total. The summed E-state index contributed by atoms with van der Waals surface area (Å²) in [7, 11) is 0. The number of hydrogen-bond acceptors (Lipinski definition) is 3. The predicted molar refractivity (Wildman–Crippen MR) is 47.9 cm³/mol. The topological polar surface area (TPSA) is 55.0 Å². The van der Waals surface area contributed by atoms with Gasteiger partial charge in [-0.1, -0.05) is 0 Å². The van der Waals surface area contributed by atoms with Crippen LogP contribution < -0.4 is 10.3 Å². The van der Waals surface area contributed by atoms with Gasteiger partial charge < -0.3 is 9.72 Å². The Morgan fingerprint density at radius 2 is 2.38 bits per heavy atom. The van der Waals surface area contributed by atoms with Crippen molar-refractivity contribution in [2.24, 2.45) is 0 Å². The largest absolute Gasteiger partial charge is 0.474 e. The van der Waals surface area contributed by atoms with Crippen molar-refractivity contribution in [1.82, 2.24) is 9.97 Å². The first-order chi connectivity index (χ1) is 6.24. The average Bonchev–Trinajstić information content (AvgIpc) is 1.95. The average molecular weight is 180 g/mol. The van der Waals surface area contributed by atoms with Gasteiger partial charge in [0.15, 0.2) is 0 Å². The highest BCUT2D eigenvalue weighted by Crippen LogP contribution is 2.22. The zero-order valence-electron chi connectivity index (χ0n) is 7.54. The summed E-state index contributed by atoms with van der Waals surface area (Å²) in [6, 6.07) is 1.39. The molecule has 1 aromatic rings. The zero-order valence-corrected chi connectivity index (χ0v) is 7.54. The molecule has 0 atom stereocenters. The van der Waals surface area contributed by atoms with Gasteiger partial charge in [-0.05, 0) is 26.2 Å². The van der Waals surface area contributed by atoms with Crippen LogP contribution in [-0.2, 0) is 0 Å². The van der Waals surface area contributed by atoms with Crippen LogP contribution in [0.4, 0.5) is 0 Å². The second kappa shape index (κ2) is 3.20. The second-order valence-corrected chi connectivity index (χ2v) is 3.34. The number of aryl methyl sites for hydroxylation is 1. The number of ether oxygens (including phenoxy) is 1. The van der Waals surface area contributed by atoms with E-state index in [9.17, 15) is 4.79 Å². The summed E-state index contributed by atoms with van der Waals surface area (Å²) in [4.78, 5) is 17.7. The molecule has 1 aliphatic rings. The lowest BCUT2D eigenvalue weighted by atomic mass is 9.96. The van der Waals surface area contributed by atoms with Gasteiger partial charge in [-0.2, -0.15) is 0 Å². The normalized spacial score (nSPS) is 16.7. The Hall–Kier alpha value is -1.32. The molecule has 0 aromatic carbocycles. The Balaban J connectivity index is 2.14. The standard InChI is InChI=1S/C9H12N2O2/c1-6-10-8(12)5-9(11-6)13-7-3-2-4-7/h5,7H,2-4H2,1H3,(H,10,11,12). The molecule has 0 radical (unpaired) electrons. The number of aromatic nitrogens is 2. The molecule has 4 heteroatoms. The van der Waals surface area contributed by atoms with Gasteiger partial charge in [0.25, 0.3) is 5.56 Å². The molecule has 1 saturated carbocycles. The maximum Gasteiger partial charge on any atom is 0.254 e. The summed E-state index contributed by atoms with van der Waals surface area (Å²) in [5.41, 5.74) is -0.151. The number of aromatic amines is 1. The van der Waals surface area contributed by atoms with E-state index < -0.39 is 0 Å². The molecule has 0 unspecified atom stereocenters. The Kier molecular flexibility index (Phi) is 2.04. The minimum Gasteiger partial charge on any atom is -0.474 e. The van der Waals surface area contributed by atoms with Gasteiger partial charge in [-0.3, -0.25) is 4.79 Å². The molecule has 0 saturated heterocycles. The quantitative estimate of drug-likeness (QED) is 0.739. The van der Waals surface area contributed by atoms with E-state index in [0.29, 0.717) is 11.7 Å². The summed E-state index contributed by atoms with van der Waals surface area (Å²) < 4.78 is 5.48. The van der Waals surface area contributed by atoms with Gasteiger partial charge in [-0.15, -0.1) is 0 Å². The lowest BCUT2D eigenvalue weighted by molar-refractivity contribution is 0.114. The van der Waals surface area contributed by atoms with Gasteiger partial charge in [0.05, 0.1) is 6.07 Å². The van der Waals surface area contributed by atoms with Gasteiger partial charge in [-0.25, -0.2) is 4.98 Å². The van der Waals surface area contributed by atoms with Crippen LogP contribution in [0.3, 0.4) is 0 Å². The summed E-state index contributed by atoms with van der Waals surface area (Å²) in [6.07, 6.45) is 3.64. The summed E-state index contributed by atoms with van der Waals surface area (Å²) in [5.74, 6) is 1.05. The molecular weight excluding hydrogens is 168 g/mol. The van der Waals surface area contributed by atoms with Crippen LogP contribution in [0, 0.1) is 6.92 Å². The van der Waals surface area contributed by atoms with Gasteiger partial charge in [0, 0.05) is 0 Å². The minimum absolute atomic E-state index is 0.151. The highest BCUT2D eigenvalue weighted by atomic mass is 16.5. The van der Waals surface area contributed by atoms with Crippen LogP contribution in [0.2, 0.25) is 0 Å². The van der Waals surface area contributed by atoms with Gasteiger partial charge >= 0.3 is 0 Å². The number of H-pyrrole nitrogens is 1. The van der Waals surface area contributed by atoms with E-state index in [4.69, 9.17) is 4.74 Å². The highest BCUT2D eigenvalue weighted by molar-refractivity contribution is 5.09. The summed E-state index contributed by atoms with van der Waals surface area (Å²) >= 11 is 0. The second-order valence-electron chi connectivity index (χ2n) is 3.34. The zero-order chi connectivity index (χ0) is 9.26. The molecule has 0 amide bonds. The van der Waals surface area contributed by atoms with E-state index in [1.807, 2.05) is 0 Å². The third-order valence-corrected chi connectivity index (χ3v) is 2.18. The fourth-order valence-electron chi connectivity index (χ4n) is 1.27. The van der Waals surface area contributed by atoms with E-state index in [2.05, 4.69) is 9.97 Å². The summed E-state index contributed by atoms with van der Waals surface area (Å²) in [5, 5.41) is 0. The molecule has 1 heterocycles. The fraction of sp³-hybridized carbons (Fsp3) is 0.556. The lowest BCUT2D eigenvalue weighted by Crippen LogP contribution is -2.26. The Bertz CT molecular complexity index is 355. The smallest absolute Gasteiger partial charge is 0.254 e. The number of rotatable bonds is 2. The molecule has 4 nitrogen and oxygen atoms in total. The Morgan fingerprint density at radius 1 is 1.62 bits per heavy atom. The van der Waals surface area contributed by atoms with Crippen molar-refractivity contribution in [2.75, 3.05) is 0 Å². The first-order valence-electron chi connectivity index (χ1n) is 4.49. The van der Waals surface area contributed by atoms with Crippen LogP contribution in [-0.4, -0.2) is 16.1 Å². The SMILES string of the molecule is Cc1nc(OC2CCC2)cc(=O)[nH]1. The van der Waals surface area contributed by atoms with E-state index in [-0.39, 0.29) is 11.7 Å². The molecular formula is C9H12N2O2. The van der Waals surface area contributed by atoms with Crippen molar-refractivity contribution < 1.29 is 4.74 Å². The first kappa shape index (κ1) is 8.29. The van der Waals surface area contributed by atoms with E-state index in [1.54, 1.807) is 6.92 Å².